The predicted octanol–water partition coefficient (Wildman–Crippen LogP) is 5.95. The van der Waals surface area contributed by atoms with E-state index in [9.17, 15) is 9.59 Å². The summed E-state index contributed by atoms with van der Waals surface area (Å²) in [5.41, 5.74) is 0.973. The van der Waals surface area contributed by atoms with Gasteiger partial charge in [-0.15, -0.1) is 11.3 Å². The Hall–Kier alpha value is -1.83. The number of carbonyl (C=O) groups excluding carboxylic acids is 2. The van der Waals surface area contributed by atoms with Crippen LogP contribution in [-0.4, -0.2) is 33.9 Å². The summed E-state index contributed by atoms with van der Waals surface area (Å²) >= 11 is 13.3. The largest absolute Gasteiger partial charge is 0.348 e. The van der Waals surface area contributed by atoms with Crippen molar-refractivity contribution in [3.63, 3.8) is 0 Å². The van der Waals surface area contributed by atoms with Gasteiger partial charge in [-0.1, -0.05) is 42.5 Å². The van der Waals surface area contributed by atoms with Crippen molar-refractivity contribution in [2.45, 2.75) is 64.6 Å². The summed E-state index contributed by atoms with van der Waals surface area (Å²) in [6, 6.07) is 4.85. The number of nitrogens with one attached hydrogen (secondary N) is 2. The zero-order valence-electron chi connectivity index (χ0n) is 17.1. The van der Waals surface area contributed by atoms with Crippen LogP contribution in [0.4, 0.5) is 10.5 Å². The third kappa shape index (κ3) is 6.09. The van der Waals surface area contributed by atoms with Gasteiger partial charge in [-0.2, -0.15) is 0 Å². The zero-order chi connectivity index (χ0) is 21.7. The number of aromatic nitrogens is 1. The molecule has 1 saturated carbocycles. The topological polar surface area (TPSA) is 74.3 Å². The van der Waals surface area contributed by atoms with Crippen LogP contribution in [0, 0.1) is 0 Å². The number of hydrogen-bond donors (Lipinski definition) is 2. The molecule has 3 amide bonds. The molecule has 0 saturated heterocycles. The van der Waals surface area contributed by atoms with E-state index in [1.165, 1.54) is 17.8 Å². The van der Waals surface area contributed by atoms with Crippen LogP contribution in [0.2, 0.25) is 10.0 Å². The molecule has 30 heavy (non-hydrogen) atoms. The lowest BCUT2D eigenvalue weighted by molar-refractivity contribution is 0.0923. The number of hydrogen-bond acceptors (Lipinski definition) is 4. The van der Waals surface area contributed by atoms with Gasteiger partial charge in [0, 0.05) is 23.2 Å². The first-order valence-corrected chi connectivity index (χ1v) is 11.7. The molecule has 9 heteroatoms. The molecule has 1 aliphatic carbocycles. The molecule has 0 bridgehead atoms. The second-order valence-corrected chi connectivity index (χ2v) is 9.47. The second-order valence-electron chi connectivity index (χ2n) is 7.72. The van der Waals surface area contributed by atoms with Gasteiger partial charge in [0.1, 0.15) is 10.7 Å². The first kappa shape index (κ1) is 22.8. The SMILES string of the molecule is CC(C)N(Cc1nc(C(=O)NC2CCCCC2)cs1)C(=O)Nc1ccc(Cl)c(Cl)c1. The fraction of sp³-hybridized carbons (Fsp3) is 0.476. The van der Waals surface area contributed by atoms with Crippen LogP contribution in [0.1, 0.15) is 61.4 Å². The Bertz CT molecular complexity index is 897. The van der Waals surface area contributed by atoms with Crippen LogP contribution in [0.5, 0.6) is 0 Å². The van der Waals surface area contributed by atoms with Crippen molar-refractivity contribution in [1.82, 2.24) is 15.2 Å². The molecule has 0 atom stereocenters. The van der Waals surface area contributed by atoms with Crippen molar-refractivity contribution < 1.29 is 9.59 Å². The normalized spacial score (nSPS) is 14.6. The summed E-state index contributed by atoms with van der Waals surface area (Å²) in [6.45, 7) is 4.17. The number of thiazole rings is 1. The number of benzene rings is 1. The minimum absolute atomic E-state index is 0.0591. The molecule has 1 aliphatic rings. The molecule has 3 rings (SSSR count). The molecule has 0 spiro atoms. The highest BCUT2D eigenvalue weighted by Crippen LogP contribution is 2.25. The highest BCUT2D eigenvalue weighted by molar-refractivity contribution is 7.09. The van der Waals surface area contributed by atoms with E-state index in [0.717, 1.165) is 25.7 Å². The standard InChI is InChI=1S/C21H26Cl2N4O2S/c1-13(2)27(21(29)25-15-8-9-16(22)17(23)10-15)11-19-26-18(12-30-19)20(28)24-14-6-4-3-5-7-14/h8-10,12-14H,3-7,11H2,1-2H3,(H,24,28)(H,25,29). The molecule has 0 unspecified atom stereocenters. The molecular weight excluding hydrogens is 443 g/mol. The quantitative estimate of drug-likeness (QED) is 0.549. The van der Waals surface area contributed by atoms with E-state index >= 15 is 0 Å². The Morgan fingerprint density at radius 2 is 1.93 bits per heavy atom. The second kappa shape index (κ2) is 10.5. The van der Waals surface area contributed by atoms with Gasteiger partial charge in [0.25, 0.3) is 5.91 Å². The maximum Gasteiger partial charge on any atom is 0.322 e. The van der Waals surface area contributed by atoms with Crippen LogP contribution >= 0.6 is 34.5 Å². The Kier molecular flexibility index (Phi) is 7.97. The zero-order valence-corrected chi connectivity index (χ0v) is 19.4. The van der Waals surface area contributed by atoms with E-state index in [1.54, 1.807) is 28.5 Å². The molecule has 1 heterocycles. The van der Waals surface area contributed by atoms with E-state index < -0.39 is 0 Å². The summed E-state index contributed by atoms with van der Waals surface area (Å²) in [5, 5.41) is 9.18. The third-order valence-electron chi connectivity index (χ3n) is 5.09. The summed E-state index contributed by atoms with van der Waals surface area (Å²) < 4.78 is 0. The number of amides is 3. The third-order valence-corrected chi connectivity index (χ3v) is 6.66. The van der Waals surface area contributed by atoms with Gasteiger partial charge in [0.2, 0.25) is 0 Å². The molecule has 1 fully saturated rings. The van der Waals surface area contributed by atoms with E-state index in [0.29, 0.717) is 33.0 Å². The fourth-order valence-electron chi connectivity index (χ4n) is 3.40. The summed E-state index contributed by atoms with van der Waals surface area (Å²) in [5.74, 6) is -0.138. The Balaban J connectivity index is 1.62. The molecule has 6 nitrogen and oxygen atoms in total. The lowest BCUT2D eigenvalue weighted by Gasteiger charge is -2.26. The van der Waals surface area contributed by atoms with Crippen molar-refractivity contribution in [3.8, 4) is 0 Å². The van der Waals surface area contributed by atoms with E-state index in [2.05, 4.69) is 15.6 Å². The van der Waals surface area contributed by atoms with Crippen molar-refractivity contribution >= 4 is 52.2 Å². The molecule has 1 aromatic heterocycles. The summed E-state index contributed by atoms with van der Waals surface area (Å²) in [6.07, 6.45) is 5.61. The average molecular weight is 469 g/mol. The number of urea groups is 1. The van der Waals surface area contributed by atoms with Gasteiger partial charge in [0.15, 0.2) is 0 Å². The van der Waals surface area contributed by atoms with Gasteiger partial charge < -0.3 is 15.5 Å². The van der Waals surface area contributed by atoms with Gasteiger partial charge in [-0.3, -0.25) is 4.79 Å². The average Bonchev–Trinajstić information content (AvgIpc) is 3.18. The van der Waals surface area contributed by atoms with Crippen LogP contribution in [0.15, 0.2) is 23.6 Å². The van der Waals surface area contributed by atoms with Crippen molar-refractivity contribution in [1.29, 1.82) is 0 Å². The lowest BCUT2D eigenvalue weighted by Crippen LogP contribution is -2.39. The smallest absolute Gasteiger partial charge is 0.322 e. The van der Waals surface area contributed by atoms with Gasteiger partial charge >= 0.3 is 6.03 Å². The summed E-state index contributed by atoms with van der Waals surface area (Å²) in [4.78, 5) is 31.4. The monoisotopic (exact) mass is 468 g/mol. The van der Waals surface area contributed by atoms with E-state index in [1.807, 2.05) is 13.8 Å². The first-order valence-electron chi connectivity index (χ1n) is 10.1. The highest BCUT2D eigenvalue weighted by atomic mass is 35.5. The molecule has 162 valence electrons. The van der Waals surface area contributed by atoms with Crippen LogP contribution in [0.25, 0.3) is 0 Å². The van der Waals surface area contributed by atoms with Crippen LogP contribution in [0.3, 0.4) is 0 Å². The number of halogens is 2. The van der Waals surface area contributed by atoms with E-state index in [4.69, 9.17) is 23.2 Å². The number of nitrogens with zero attached hydrogens (tertiary/aromatic N) is 2. The molecular formula is C21H26Cl2N4O2S. The van der Waals surface area contributed by atoms with Crippen LogP contribution in [-0.2, 0) is 6.54 Å². The van der Waals surface area contributed by atoms with Gasteiger partial charge in [-0.05, 0) is 44.9 Å². The number of carbonyl (C=O) groups is 2. The lowest BCUT2D eigenvalue weighted by atomic mass is 9.95. The molecule has 0 radical (unpaired) electrons. The maximum absolute atomic E-state index is 12.8. The highest BCUT2D eigenvalue weighted by Gasteiger charge is 2.22. The van der Waals surface area contributed by atoms with Gasteiger partial charge in [-0.25, -0.2) is 9.78 Å². The molecule has 1 aromatic carbocycles. The minimum atomic E-state index is -0.271. The Morgan fingerprint density at radius 1 is 1.20 bits per heavy atom. The van der Waals surface area contributed by atoms with Gasteiger partial charge in [0.05, 0.1) is 16.6 Å². The van der Waals surface area contributed by atoms with Crippen molar-refractivity contribution in [3.05, 3.63) is 44.3 Å². The Morgan fingerprint density at radius 3 is 2.60 bits per heavy atom. The van der Waals surface area contributed by atoms with Crippen molar-refractivity contribution in [2.75, 3.05) is 5.32 Å². The van der Waals surface area contributed by atoms with Crippen LogP contribution < -0.4 is 10.6 Å². The Labute approximate surface area is 191 Å². The molecule has 0 aliphatic heterocycles. The molecule has 2 aromatic rings. The maximum atomic E-state index is 12.8. The minimum Gasteiger partial charge on any atom is -0.348 e. The van der Waals surface area contributed by atoms with E-state index in [-0.39, 0.29) is 24.0 Å². The fourth-order valence-corrected chi connectivity index (χ4v) is 4.47. The summed E-state index contributed by atoms with van der Waals surface area (Å²) in [7, 11) is 0. The molecule has 2 N–H and O–H groups in total. The van der Waals surface area contributed by atoms with Crippen molar-refractivity contribution in [2.24, 2.45) is 0 Å². The predicted molar refractivity (Wildman–Crippen MR) is 123 cm³/mol. The first-order chi connectivity index (χ1) is 14.3. The number of anilines is 1. The number of rotatable bonds is 6.